The lowest BCUT2D eigenvalue weighted by Crippen LogP contribution is -2.30. The first kappa shape index (κ1) is 14.2. The van der Waals surface area contributed by atoms with E-state index in [0.717, 1.165) is 44.6 Å². The van der Waals surface area contributed by atoms with Crippen LogP contribution < -0.4 is 5.32 Å². The third-order valence-electron chi connectivity index (χ3n) is 3.21. The molecule has 3 nitrogen and oxygen atoms in total. The summed E-state index contributed by atoms with van der Waals surface area (Å²) < 4.78 is 0. The molecular weight excluding hydrogens is 212 g/mol. The molecule has 1 saturated heterocycles. The van der Waals surface area contributed by atoms with Gasteiger partial charge in [0.15, 0.2) is 0 Å². The Labute approximate surface area is 105 Å². The van der Waals surface area contributed by atoms with Gasteiger partial charge in [0, 0.05) is 26.1 Å². The molecule has 0 aliphatic carbocycles. The van der Waals surface area contributed by atoms with E-state index in [2.05, 4.69) is 25.7 Å². The molecule has 1 fully saturated rings. The molecule has 0 bridgehead atoms. The van der Waals surface area contributed by atoms with Gasteiger partial charge in [0.05, 0.1) is 0 Å². The minimum absolute atomic E-state index is 0.306. The molecule has 1 aliphatic heterocycles. The van der Waals surface area contributed by atoms with Crippen molar-refractivity contribution < 1.29 is 4.79 Å². The average Bonchev–Trinajstić information content (AvgIpc) is 2.60. The van der Waals surface area contributed by atoms with Crippen molar-refractivity contribution in [2.75, 3.05) is 26.2 Å². The summed E-state index contributed by atoms with van der Waals surface area (Å²) >= 11 is 0. The largest absolute Gasteiger partial charge is 0.338 e. The Morgan fingerprint density at radius 2 is 2.24 bits per heavy atom. The van der Waals surface area contributed by atoms with E-state index in [1.54, 1.807) is 0 Å². The van der Waals surface area contributed by atoms with Gasteiger partial charge in [-0.1, -0.05) is 26.8 Å². The van der Waals surface area contributed by atoms with Crippen LogP contribution in [0.5, 0.6) is 0 Å². The highest BCUT2D eigenvalue weighted by atomic mass is 16.2. The summed E-state index contributed by atoms with van der Waals surface area (Å²) in [7, 11) is 0. The molecule has 17 heavy (non-hydrogen) atoms. The fraction of sp³-hybridized carbons (Fsp3) is 0.786. The Kier molecular flexibility index (Phi) is 6.27. The van der Waals surface area contributed by atoms with E-state index < -0.39 is 0 Å². The van der Waals surface area contributed by atoms with E-state index in [1.165, 1.54) is 12.8 Å². The van der Waals surface area contributed by atoms with Gasteiger partial charge in [-0.15, -0.1) is 0 Å². The lowest BCUT2D eigenvalue weighted by atomic mass is 10.0. The van der Waals surface area contributed by atoms with E-state index in [0.29, 0.717) is 11.8 Å². The maximum absolute atomic E-state index is 11.8. The van der Waals surface area contributed by atoms with Crippen molar-refractivity contribution in [3.05, 3.63) is 12.2 Å². The number of likely N-dealkylation sites (tertiary alicyclic amines) is 1. The van der Waals surface area contributed by atoms with Crippen LogP contribution in [0.15, 0.2) is 12.2 Å². The third-order valence-corrected chi connectivity index (χ3v) is 3.21. The number of nitrogens with zero attached hydrogens (tertiary/aromatic N) is 1. The Balaban J connectivity index is 2.26. The molecule has 1 heterocycles. The molecule has 0 aromatic heterocycles. The van der Waals surface area contributed by atoms with Crippen LogP contribution in [0.2, 0.25) is 0 Å². The van der Waals surface area contributed by atoms with Gasteiger partial charge >= 0.3 is 0 Å². The van der Waals surface area contributed by atoms with Crippen molar-refractivity contribution >= 4 is 5.91 Å². The first-order valence-electron chi connectivity index (χ1n) is 6.82. The van der Waals surface area contributed by atoms with Gasteiger partial charge in [-0.3, -0.25) is 4.79 Å². The molecule has 1 N–H and O–H groups in total. The van der Waals surface area contributed by atoms with Crippen molar-refractivity contribution in [3.8, 4) is 0 Å². The fourth-order valence-electron chi connectivity index (χ4n) is 2.38. The summed E-state index contributed by atoms with van der Waals surface area (Å²) in [5.74, 6) is 0.879. The molecule has 0 saturated carbocycles. The maximum Gasteiger partial charge on any atom is 0.223 e. The van der Waals surface area contributed by atoms with Crippen LogP contribution in [0.1, 0.15) is 39.5 Å². The average molecular weight is 238 g/mol. The Morgan fingerprint density at radius 3 is 2.88 bits per heavy atom. The molecule has 0 radical (unpaired) electrons. The molecule has 0 spiro atoms. The van der Waals surface area contributed by atoms with Crippen LogP contribution in [-0.4, -0.2) is 37.0 Å². The number of carbonyl (C=O) groups is 1. The number of amides is 1. The van der Waals surface area contributed by atoms with Crippen molar-refractivity contribution in [1.82, 2.24) is 10.2 Å². The monoisotopic (exact) mass is 238 g/mol. The van der Waals surface area contributed by atoms with Gasteiger partial charge in [-0.25, -0.2) is 0 Å². The van der Waals surface area contributed by atoms with E-state index in [-0.39, 0.29) is 0 Å². The summed E-state index contributed by atoms with van der Waals surface area (Å²) in [6.07, 6.45) is 4.21. The van der Waals surface area contributed by atoms with Crippen LogP contribution in [-0.2, 0) is 4.79 Å². The third kappa shape index (κ3) is 4.90. The standard InChI is InChI=1S/C14H26N2O/c1-4-6-13-8-14(17)16(11-13)10-12(3)9-15-7-5-2/h13,15H,3-11H2,1-2H3. The van der Waals surface area contributed by atoms with Gasteiger partial charge in [-0.2, -0.15) is 0 Å². The zero-order chi connectivity index (χ0) is 12.7. The minimum Gasteiger partial charge on any atom is -0.338 e. The molecule has 3 heteroatoms. The highest BCUT2D eigenvalue weighted by Gasteiger charge is 2.28. The van der Waals surface area contributed by atoms with Crippen molar-refractivity contribution in [3.63, 3.8) is 0 Å². The number of rotatable bonds is 8. The molecule has 1 rings (SSSR count). The predicted octanol–water partition coefficient (Wildman–Crippen LogP) is 2.19. The molecule has 1 amide bonds. The Hall–Kier alpha value is -0.830. The highest BCUT2D eigenvalue weighted by molar-refractivity contribution is 5.78. The zero-order valence-corrected chi connectivity index (χ0v) is 11.3. The Morgan fingerprint density at radius 1 is 1.47 bits per heavy atom. The molecule has 1 atom stereocenters. The maximum atomic E-state index is 11.8. The first-order valence-corrected chi connectivity index (χ1v) is 6.82. The topological polar surface area (TPSA) is 32.3 Å². The quantitative estimate of drug-likeness (QED) is 0.519. The van der Waals surface area contributed by atoms with Crippen LogP contribution >= 0.6 is 0 Å². The van der Waals surface area contributed by atoms with Crippen LogP contribution in [0.3, 0.4) is 0 Å². The predicted molar refractivity (Wildman–Crippen MR) is 71.9 cm³/mol. The summed E-state index contributed by atoms with van der Waals surface area (Å²) in [5.41, 5.74) is 1.11. The van der Waals surface area contributed by atoms with Crippen LogP contribution in [0.25, 0.3) is 0 Å². The van der Waals surface area contributed by atoms with Gasteiger partial charge in [-0.05, 0) is 30.9 Å². The highest BCUT2D eigenvalue weighted by Crippen LogP contribution is 2.22. The summed E-state index contributed by atoms with van der Waals surface area (Å²) in [6.45, 7) is 11.9. The van der Waals surface area contributed by atoms with Crippen molar-refractivity contribution in [2.24, 2.45) is 5.92 Å². The summed E-state index contributed by atoms with van der Waals surface area (Å²) in [6, 6.07) is 0. The number of hydrogen-bond acceptors (Lipinski definition) is 2. The number of hydrogen-bond donors (Lipinski definition) is 1. The van der Waals surface area contributed by atoms with Gasteiger partial charge in [0.1, 0.15) is 0 Å². The molecule has 0 aromatic rings. The number of carbonyl (C=O) groups excluding carboxylic acids is 1. The molecule has 1 aliphatic rings. The Bertz CT molecular complexity index is 263. The van der Waals surface area contributed by atoms with Gasteiger partial charge in [0.2, 0.25) is 5.91 Å². The summed E-state index contributed by atoms with van der Waals surface area (Å²) in [5, 5.41) is 3.32. The second-order valence-corrected chi connectivity index (χ2v) is 5.06. The lowest BCUT2D eigenvalue weighted by molar-refractivity contribution is -0.127. The molecule has 0 aromatic carbocycles. The van der Waals surface area contributed by atoms with Crippen LogP contribution in [0, 0.1) is 5.92 Å². The molecule has 98 valence electrons. The van der Waals surface area contributed by atoms with Gasteiger partial charge in [0.25, 0.3) is 0 Å². The van der Waals surface area contributed by atoms with E-state index in [4.69, 9.17) is 0 Å². The number of nitrogens with one attached hydrogen (secondary N) is 1. The summed E-state index contributed by atoms with van der Waals surface area (Å²) in [4.78, 5) is 13.8. The van der Waals surface area contributed by atoms with Crippen molar-refractivity contribution in [1.29, 1.82) is 0 Å². The second kappa shape index (κ2) is 7.49. The smallest absolute Gasteiger partial charge is 0.223 e. The van der Waals surface area contributed by atoms with Crippen molar-refractivity contribution in [2.45, 2.75) is 39.5 Å². The van der Waals surface area contributed by atoms with E-state index >= 15 is 0 Å². The fourth-order valence-corrected chi connectivity index (χ4v) is 2.38. The molecule has 1 unspecified atom stereocenters. The lowest BCUT2D eigenvalue weighted by Gasteiger charge is -2.18. The SMILES string of the molecule is C=C(CNCCC)CN1CC(CCC)CC1=O. The first-order chi connectivity index (χ1) is 8.17. The molecular formula is C14H26N2O. The minimum atomic E-state index is 0.306. The zero-order valence-electron chi connectivity index (χ0n) is 11.3. The van der Waals surface area contributed by atoms with E-state index in [1.807, 2.05) is 4.90 Å². The second-order valence-electron chi connectivity index (χ2n) is 5.06. The van der Waals surface area contributed by atoms with Crippen LogP contribution in [0.4, 0.5) is 0 Å². The van der Waals surface area contributed by atoms with Gasteiger partial charge < -0.3 is 10.2 Å². The van der Waals surface area contributed by atoms with E-state index in [9.17, 15) is 4.79 Å². The normalized spacial score (nSPS) is 20.0.